The quantitative estimate of drug-likeness (QED) is 0.763. The molecule has 0 aliphatic heterocycles. The van der Waals surface area contributed by atoms with Gasteiger partial charge in [0.2, 0.25) is 0 Å². The molecule has 1 heterocycles. The van der Waals surface area contributed by atoms with Crippen LogP contribution in [0.3, 0.4) is 0 Å². The molecule has 0 aliphatic carbocycles. The lowest BCUT2D eigenvalue weighted by atomic mass is 10.00. The first-order chi connectivity index (χ1) is 7.72. The number of nitrogen functional groups attached to an aromatic ring is 2. The van der Waals surface area contributed by atoms with Crippen LogP contribution < -0.4 is 11.5 Å². The van der Waals surface area contributed by atoms with Gasteiger partial charge in [0.1, 0.15) is 0 Å². The van der Waals surface area contributed by atoms with Crippen molar-refractivity contribution in [1.29, 1.82) is 0 Å². The Bertz CT molecular complexity index is 489. The number of halogens is 2. The van der Waals surface area contributed by atoms with Crippen LogP contribution in [0.15, 0.2) is 29.0 Å². The predicted molar refractivity (Wildman–Crippen MR) is 83.9 cm³/mol. The maximum atomic E-state index is 8.96. The number of hydrogen-bond donors (Lipinski definition) is 3. The largest absolute Gasteiger partial charge is 0.399 e. The molecule has 2 rings (SSSR count). The molecule has 18 heavy (non-hydrogen) atoms. The van der Waals surface area contributed by atoms with Crippen molar-refractivity contribution in [3.63, 3.8) is 0 Å². The fraction of sp³-hybridized carbons (Fsp3) is 0.167. The highest BCUT2D eigenvalue weighted by Crippen LogP contribution is 2.32. The summed E-state index contributed by atoms with van der Waals surface area (Å²) in [6.45, 7) is 0.0801. The molecular formula is C12H16Cl2N2OS. The summed E-state index contributed by atoms with van der Waals surface area (Å²) in [6.07, 6.45) is 0.536. The minimum atomic E-state index is 0. The van der Waals surface area contributed by atoms with Gasteiger partial charge in [-0.05, 0) is 46.5 Å². The Hall–Kier alpha value is -0.940. The molecule has 0 unspecified atom stereocenters. The van der Waals surface area contributed by atoms with Crippen LogP contribution in [0.1, 0.15) is 5.56 Å². The van der Waals surface area contributed by atoms with Gasteiger partial charge in [-0.2, -0.15) is 11.3 Å². The van der Waals surface area contributed by atoms with E-state index < -0.39 is 0 Å². The third-order valence-electron chi connectivity index (χ3n) is 2.50. The van der Waals surface area contributed by atoms with E-state index in [1.165, 1.54) is 0 Å². The van der Waals surface area contributed by atoms with Crippen molar-refractivity contribution in [2.45, 2.75) is 6.42 Å². The van der Waals surface area contributed by atoms with Crippen LogP contribution in [0, 0.1) is 0 Å². The zero-order chi connectivity index (χ0) is 11.5. The van der Waals surface area contributed by atoms with Crippen LogP contribution in [-0.2, 0) is 6.42 Å². The Morgan fingerprint density at radius 1 is 1.17 bits per heavy atom. The van der Waals surface area contributed by atoms with Crippen molar-refractivity contribution in [2.24, 2.45) is 0 Å². The smallest absolute Gasteiger partial charge is 0.0472 e. The van der Waals surface area contributed by atoms with Crippen LogP contribution >= 0.6 is 36.2 Å². The number of aliphatic hydroxyl groups is 1. The van der Waals surface area contributed by atoms with E-state index in [0.717, 1.165) is 16.7 Å². The Balaban J connectivity index is 0.00000144. The Labute approximate surface area is 123 Å². The molecule has 1 aromatic carbocycles. The van der Waals surface area contributed by atoms with Gasteiger partial charge in [-0.25, -0.2) is 0 Å². The molecule has 0 fully saturated rings. The molecule has 0 radical (unpaired) electrons. The molecule has 0 atom stereocenters. The van der Waals surface area contributed by atoms with Crippen molar-refractivity contribution in [3.05, 3.63) is 34.5 Å². The lowest BCUT2D eigenvalue weighted by molar-refractivity contribution is 0.300. The molecule has 100 valence electrons. The highest BCUT2D eigenvalue weighted by Gasteiger charge is 2.09. The van der Waals surface area contributed by atoms with E-state index >= 15 is 0 Å². The van der Waals surface area contributed by atoms with Gasteiger partial charge in [-0.1, -0.05) is 0 Å². The number of hydrogen-bond acceptors (Lipinski definition) is 4. The van der Waals surface area contributed by atoms with Gasteiger partial charge in [0.05, 0.1) is 0 Å². The first-order valence-electron chi connectivity index (χ1n) is 5.03. The molecule has 6 heteroatoms. The molecule has 5 N–H and O–H groups in total. The van der Waals surface area contributed by atoms with E-state index in [0.29, 0.717) is 17.8 Å². The first-order valence-corrected chi connectivity index (χ1v) is 5.98. The van der Waals surface area contributed by atoms with Gasteiger partial charge in [0, 0.05) is 23.5 Å². The second-order valence-electron chi connectivity index (χ2n) is 3.63. The molecule has 1 aromatic heterocycles. The number of rotatable bonds is 3. The van der Waals surface area contributed by atoms with Crippen molar-refractivity contribution >= 4 is 47.5 Å². The molecule has 0 bridgehead atoms. The van der Waals surface area contributed by atoms with Gasteiger partial charge in [0.25, 0.3) is 0 Å². The molecule has 0 aliphatic rings. The SMILES string of the molecule is Cl.Cl.Nc1cc(CCO)c(N)c(-c2ccsc2)c1. The maximum absolute atomic E-state index is 8.96. The van der Waals surface area contributed by atoms with E-state index in [9.17, 15) is 0 Å². The van der Waals surface area contributed by atoms with Gasteiger partial charge in [0.15, 0.2) is 0 Å². The number of aliphatic hydroxyl groups excluding tert-OH is 1. The van der Waals surface area contributed by atoms with Gasteiger partial charge >= 0.3 is 0 Å². The molecule has 0 saturated heterocycles. The minimum Gasteiger partial charge on any atom is -0.399 e. The molecular weight excluding hydrogens is 291 g/mol. The normalized spacial score (nSPS) is 9.39. The second kappa shape index (κ2) is 7.48. The summed E-state index contributed by atoms with van der Waals surface area (Å²) in [5, 5.41) is 13.0. The fourth-order valence-corrected chi connectivity index (χ4v) is 2.38. The minimum absolute atomic E-state index is 0. The van der Waals surface area contributed by atoms with Gasteiger partial charge in [-0.15, -0.1) is 24.8 Å². The zero-order valence-electron chi connectivity index (χ0n) is 9.63. The number of nitrogens with two attached hydrogens (primary N) is 2. The maximum Gasteiger partial charge on any atom is 0.0472 e. The third-order valence-corrected chi connectivity index (χ3v) is 3.18. The van der Waals surface area contributed by atoms with E-state index in [2.05, 4.69) is 0 Å². The summed E-state index contributed by atoms with van der Waals surface area (Å²) in [5.74, 6) is 0. The van der Waals surface area contributed by atoms with Crippen LogP contribution in [-0.4, -0.2) is 11.7 Å². The van der Waals surface area contributed by atoms with Crippen LogP contribution in [0.25, 0.3) is 11.1 Å². The third kappa shape index (κ3) is 3.53. The fourth-order valence-electron chi connectivity index (χ4n) is 1.72. The number of thiophene rings is 1. The highest BCUT2D eigenvalue weighted by atomic mass is 35.5. The topological polar surface area (TPSA) is 72.3 Å². The van der Waals surface area contributed by atoms with Crippen LogP contribution in [0.2, 0.25) is 0 Å². The van der Waals surface area contributed by atoms with Crippen molar-refractivity contribution in [2.75, 3.05) is 18.1 Å². The Morgan fingerprint density at radius 2 is 1.89 bits per heavy atom. The van der Waals surface area contributed by atoms with Crippen molar-refractivity contribution in [3.8, 4) is 11.1 Å². The van der Waals surface area contributed by atoms with Gasteiger partial charge in [-0.3, -0.25) is 0 Å². The standard InChI is InChI=1S/C12H14N2OS.2ClH/c13-10-5-8(1-3-15)12(14)11(6-10)9-2-4-16-7-9;;/h2,4-7,15H,1,3,13-14H2;2*1H. The second-order valence-corrected chi connectivity index (χ2v) is 4.41. The van der Waals surface area contributed by atoms with Gasteiger partial charge < -0.3 is 16.6 Å². The molecule has 2 aromatic rings. The Morgan fingerprint density at radius 3 is 2.44 bits per heavy atom. The summed E-state index contributed by atoms with van der Waals surface area (Å²) in [6, 6.07) is 5.71. The lowest BCUT2D eigenvalue weighted by Gasteiger charge is -2.11. The summed E-state index contributed by atoms with van der Waals surface area (Å²) < 4.78 is 0. The van der Waals surface area contributed by atoms with E-state index in [4.69, 9.17) is 16.6 Å². The average molecular weight is 307 g/mol. The number of benzene rings is 1. The van der Waals surface area contributed by atoms with E-state index in [1.807, 2.05) is 29.0 Å². The van der Waals surface area contributed by atoms with E-state index in [1.54, 1.807) is 11.3 Å². The average Bonchev–Trinajstić information content (AvgIpc) is 2.76. The van der Waals surface area contributed by atoms with Crippen molar-refractivity contribution < 1.29 is 5.11 Å². The van der Waals surface area contributed by atoms with E-state index in [-0.39, 0.29) is 31.4 Å². The molecule has 0 saturated carbocycles. The highest BCUT2D eigenvalue weighted by molar-refractivity contribution is 7.08. The van der Waals surface area contributed by atoms with Crippen LogP contribution in [0.4, 0.5) is 11.4 Å². The molecule has 0 amide bonds. The summed E-state index contributed by atoms with van der Waals surface area (Å²) >= 11 is 1.62. The van der Waals surface area contributed by atoms with Crippen molar-refractivity contribution in [1.82, 2.24) is 0 Å². The zero-order valence-corrected chi connectivity index (χ0v) is 12.1. The number of anilines is 2. The Kier molecular flexibility index (Phi) is 7.09. The summed E-state index contributed by atoms with van der Waals surface area (Å²) in [7, 11) is 0. The summed E-state index contributed by atoms with van der Waals surface area (Å²) in [4.78, 5) is 0. The summed E-state index contributed by atoms with van der Waals surface area (Å²) in [5.41, 5.74) is 16.2. The van der Waals surface area contributed by atoms with Crippen LogP contribution in [0.5, 0.6) is 0 Å². The monoisotopic (exact) mass is 306 g/mol. The first kappa shape index (κ1) is 17.1. The molecule has 3 nitrogen and oxygen atoms in total. The lowest BCUT2D eigenvalue weighted by Crippen LogP contribution is -2.01. The molecule has 0 spiro atoms. The predicted octanol–water partition coefficient (Wildman–Crippen LogP) is 2.96.